The van der Waals surface area contributed by atoms with Crippen molar-refractivity contribution in [1.29, 1.82) is 0 Å². The van der Waals surface area contributed by atoms with Gasteiger partial charge in [0.1, 0.15) is 0 Å². The van der Waals surface area contributed by atoms with Crippen LogP contribution in [0.15, 0.2) is 4.99 Å². The molecule has 2 rings (SSSR count). The fraction of sp³-hybridized carbons (Fsp3) is 0.0667. The molecule has 0 aliphatic heterocycles. The van der Waals surface area contributed by atoms with Gasteiger partial charge in [-0.05, 0) is 71.3 Å². The van der Waals surface area contributed by atoms with E-state index in [-0.39, 0.29) is 34.1 Å². The van der Waals surface area contributed by atoms with Crippen LogP contribution in [0.2, 0.25) is 0 Å². The average molecular weight is 368 g/mol. The topological polar surface area (TPSA) is 72.1 Å². The molecule has 2 saturated carbocycles. The van der Waals surface area contributed by atoms with Gasteiger partial charge in [-0.2, -0.15) is 0 Å². The van der Waals surface area contributed by atoms with E-state index in [0.717, 1.165) is 0 Å². The second-order valence-corrected chi connectivity index (χ2v) is 2.18. The zero-order valence-electron chi connectivity index (χ0n) is 11.2. The Morgan fingerprint density at radius 3 is 0.714 bits per heavy atom. The molecule has 6 heteroatoms. The second-order valence-electron chi connectivity index (χ2n) is 2.18. The predicted octanol–water partition coefficient (Wildman–Crippen LogP) is 2.12. The van der Waals surface area contributed by atoms with Crippen LogP contribution in [0, 0.1) is 84.2 Å². The SMILES string of the molecule is [C-]#[O+].[C-]#[O+].[C-]#[O+].[CH-]=NC.[CH]1[CH][CH][CH][CH]1.[CH]1[CH][CH][CH][CH]1.[Fe+2].[Fe]. The Balaban J connectivity index is -0.0000000335. The number of nitrogens with zero attached hydrogens (tertiary/aromatic N) is 1. The maximum atomic E-state index is 7.50. The number of hydrogen-bond acceptors (Lipinski definition) is 1. The zero-order valence-corrected chi connectivity index (χ0v) is 13.4. The number of rotatable bonds is 0. The molecule has 0 saturated heterocycles. The average Bonchev–Trinajstić information content (AvgIpc) is 3.24. The van der Waals surface area contributed by atoms with Crippen molar-refractivity contribution in [3.63, 3.8) is 0 Å². The van der Waals surface area contributed by atoms with Crippen LogP contribution in [0.5, 0.6) is 0 Å². The molecular formula is C15H14Fe2NO3+. The van der Waals surface area contributed by atoms with Crippen molar-refractivity contribution >= 4 is 6.72 Å². The molecule has 4 nitrogen and oxygen atoms in total. The number of aliphatic imine (C=N–C) groups is 1. The van der Waals surface area contributed by atoms with E-state index in [9.17, 15) is 0 Å². The summed E-state index contributed by atoms with van der Waals surface area (Å²) >= 11 is 0. The van der Waals surface area contributed by atoms with Crippen LogP contribution in [0.3, 0.4) is 0 Å². The van der Waals surface area contributed by atoms with Crippen LogP contribution >= 0.6 is 0 Å². The van der Waals surface area contributed by atoms with Gasteiger partial charge in [0, 0.05) is 17.1 Å². The van der Waals surface area contributed by atoms with E-state index < -0.39 is 0 Å². The van der Waals surface area contributed by atoms with Crippen LogP contribution in [0.1, 0.15) is 0 Å². The van der Waals surface area contributed by atoms with Crippen molar-refractivity contribution in [2.75, 3.05) is 7.05 Å². The molecule has 0 bridgehead atoms. The molecule has 0 aromatic rings. The van der Waals surface area contributed by atoms with E-state index in [1.165, 1.54) is 7.05 Å². The standard InChI is InChI=1S/2C5H5.C2H4N.3CO.2Fe/c2*1-2-4-5-3-1;1-3-2;3*1-2;;/h2*1-5H;1H,2H3;;;;;/q;;-1;;;;;+2. The molecule has 2 aliphatic rings. The van der Waals surface area contributed by atoms with Gasteiger partial charge in [-0.25, -0.2) is 0 Å². The summed E-state index contributed by atoms with van der Waals surface area (Å²) in [5.41, 5.74) is 0. The third-order valence-corrected chi connectivity index (χ3v) is 1.11. The number of hydrogen-bond donors (Lipinski definition) is 0. The third kappa shape index (κ3) is 65.0. The summed E-state index contributed by atoms with van der Waals surface area (Å²) in [5.74, 6) is 0. The Bertz CT molecular complexity index is 159. The van der Waals surface area contributed by atoms with Crippen molar-refractivity contribution in [2.45, 2.75) is 0 Å². The molecule has 2 fully saturated rings. The quantitative estimate of drug-likeness (QED) is 0.272. The fourth-order valence-electron chi connectivity index (χ4n) is 0.642. The molecular weight excluding hydrogens is 354 g/mol. The van der Waals surface area contributed by atoms with Gasteiger partial charge >= 0.3 is 51.0 Å². The van der Waals surface area contributed by atoms with E-state index in [0.29, 0.717) is 0 Å². The van der Waals surface area contributed by atoms with E-state index in [1.807, 2.05) is 64.2 Å². The zero-order chi connectivity index (χ0) is 15.8. The van der Waals surface area contributed by atoms with E-state index in [1.54, 1.807) is 0 Å². The molecule has 0 spiro atoms. The molecule has 0 N–H and O–H groups in total. The smallest absolute Gasteiger partial charge is 0.509 e. The van der Waals surface area contributed by atoms with E-state index >= 15 is 0 Å². The van der Waals surface area contributed by atoms with Crippen LogP contribution in [0.4, 0.5) is 0 Å². The molecule has 112 valence electrons. The largest absolute Gasteiger partial charge is 2.00 e. The van der Waals surface area contributed by atoms with Gasteiger partial charge in [0.25, 0.3) is 0 Å². The summed E-state index contributed by atoms with van der Waals surface area (Å²) in [6.45, 7) is 18.0. The molecule has 0 atom stereocenters. The van der Waals surface area contributed by atoms with Gasteiger partial charge in [-0.1, -0.05) is 0 Å². The van der Waals surface area contributed by atoms with E-state index in [2.05, 4.69) is 31.7 Å². The first-order valence-electron chi connectivity index (χ1n) is 4.65. The van der Waals surface area contributed by atoms with Crippen LogP contribution in [-0.4, -0.2) is 13.8 Å². The minimum absolute atomic E-state index is 0. The predicted molar refractivity (Wildman–Crippen MR) is 69.2 cm³/mol. The maximum Gasteiger partial charge on any atom is 2.00 e. The fourth-order valence-corrected chi connectivity index (χ4v) is 0.642. The monoisotopic (exact) mass is 368 g/mol. The van der Waals surface area contributed by atoms with Gasteiger partial charge < -0.3 is 11.7 Å². The van der Waals surface area contributed by atoms with Crippen molar-refractivity contribution in [1.82, 2.24) is 0 Å². The molecule has 21 heavy (non-hydrogen) atoms. The Kier molecular flexibility index (Phi) is 106. The molecule has 10 radical (unpaired) electrons. The summed E-state index contributed by atoms with van der Waals surface area (Å²) in [5, 5.41) is 0. The van der Waals surface area contributed by atoms with Gasteiger partial charge in [-0.15, -0.1) is 0 Å². The van der Waals surface area contributed by atoms with Crippen molar-refractivity contribution < 1.29 is 48.1 Å². The van der Waals surface area contributed by atoms with Crippen LogP contribution in [-0.2, 0) is 48.1 Å². The summed E-state index contributed by atoms with van der Waals surface area (Å²) < 4.78 is 22.5. The summed E-state index contributed by atoms with van der Waals surface area (Å²) in [7, 11) is 1.53. The molecule has 2 aliphatic carbocycles. The molecule has 0 aromatic carbocycles. The van der Waals surface area contributed by atoms with Crippen LogP contribution < -0.4 is 0 Å². The van der Waals surface area contributed by atoms with Gasteiger partial charge in [0.05, 0.1) is 0 Å². The van der Waals surface area contributed by atoms with Crippen molar-refractivity contribution in [3.8, 4) is 0 Å². The Hall–Kier alpha value is -0.0710. The molecule has 0 amide bonds. The minimum Gasteiger partial charge on any atom is -0.509 e. The van der Waals surface area contributed by atoms with Crippen molar-refractivity contribution in [2.24, 2.45) is 4.99 Å². The Morgan fingerprint density at radius 2 is 0.667 bits per heavy atom. The first kappa shape index (κ1) is 37.3. The molecule has 0 heterocycles. The van der Waals surface area contributed by atoms with E-state index in [4.69, 9.17) is 14.0 Å². The first-order valence-corrected chi connectivity index (χ1v) is 4.65. The van der Waals surface area contributed by atoms with Gasteiger partial charge in [0.2, 0.25) is 0 Å². The van der Waals surface area contributed by atoms with Gasteiger partial charge in [0.15, 0.2) is 0 Å². The van der Waals surface area contributed by atoms with Gasteiger partial charge in [-0.3, -0.25) is 0 Å². The summed E-state index contributed by atoms with van der Waals surface area (Å²) in [6, 6.07) is 0. The Labute approximate surface area is 151 Å². The third-order valence-electron chi connectivity index (χ3n) is 1.11. The minimum atomic E-state index is 0. The summed E-state index contributed by atoms with van der Waals surface area (Å²) in [4.78, 5) is 3.00. The first-order chi connectivity index (χ1) is 9.41. The Morgan fingerprint density at radius 1 is 0.619 bits per heavy atom. The normalized spacial score (nSPS) is 12.3. The molecule has 0 aromatic heterocycles. The van der Waals surface area contributed by atoms with Crippen LogP contribution in [0.25, 0.3) is 0 Å². The molecule has 0 unspecified atom stereocenters. The van der Waals surface area contributed by atoms with Crippen molar-refractivity contribution in [3.05, 3.63) is 84.2 Å². The maximum absolute atomic E-state index is 7.50. The second kappa shape index (κ2) is 59.8. The summed E-state index contributed by atoms with van der Waals surface area (Å²) in [6.07, 6.45) is 20.0.